The second kappa shape index (κ2) is 6.25. The summed E-state index contributed by atoms with van der Waals surface area (Å²) in [4.78, 5) is 0. The number of unbranched alkanes of at least 4 members (excludes halogenated alkanes) is 2. The molecule has 1 rings (SSSR count). The number of hydrogen-bond donors (Lipinski definition) is 2. The number of allylic oxidation sites excluding steroid dienone is 2. The van der Waals surface area contributed by atoms with Crippen LogP contribution in [0.3, 0.4) is 0 Å². The molecule has 0 aliphatic heterocycles. The lowest BCUT2D eigenvalue weighted by Crippen LogP contribution is -2.39. The molecule has 2 unspecified atom stereocenters. The van der Waals surface area contributed by atoms with E-state index in [1.54, 1.807) is 0 Å². The van der Waals surface area contributed by atoms with E-state index in [0.29, 0.717) is 5.76 Å². The zero-order valence-corrected chi connectivity index (χ0v) is 11.4. The Balaban J connectivity index is 2.84. The molecule has 0 aromatic rings. The van der Waals surface area contributed by atoms with Crippen molar-refractivity contribution in [1.82, 2.24) is 0 Å². The van der Waals surface area contributed by atoms with Gasteiger partial charge in [-0.1, -0.05) is 51.7 Å². The summed E-state index contributed by atoms with van der Waals surface area (Å²) in [5.41, 5.74) is 0.0571. The number of aliphatic hydroxyl groups is 2. The zero-order chi connectivity index (χ0) is 12.9. The third-order valence-corrected chi connectivity index (χ3v) is 3.74. The van der Waals surface area contributed by atoms with Crippen molar-refractivity contribution in [2.75, 3.05) is 0 Å². The second-order valence-corrected chi connectivity index (χ2v) is 5.19. The first-order valence-electron chi connectivity index (χ1n) is 6.86. The van der Waals surface area contributed by atoms with Crippen LogP contribution < -0.4 is 0 Å². The van der Waals surface area contributed by atoms with Crippen LogP contribution in [-0.2, 0) is 0 Å². The summed E-state index contributed by atoms with van der Waals surface area (Å²) >= 11 is 0. The summed E-state index contributed by atoms with van der Waals surface area (Å²) in [5.74, 6) is 0.276. The highest BCUT2D eigenvalue weighted by Gasteiger charge is 2.38. The maximum atomic E-state index is 10.7. The first kappa shape index (κ1) is 14.3. The van der Waals surface area contributed by atoms with Gasteiger partial charge < -0.3 is 10.2 Å². The van der Waals surface area contributed by atoms with Crippen LogP contribution in [0.5, 0.6) is 0 Å². The van der Waals surface area contributed by atoms with Crippen LogP contribution in [0.25, 0.3) is 0 Å². The predicted molar refractivity (Wildman–Crippen MR) is 72.0 cm³/mol. The van der Waals surface area contributed by atoms with E-state index in [9.17, 15) is 10.2 Å². The Morgan fingerprint density at radius 2 is 1.88 bits per heavy atom. The highest BCUT2D eigenvalue weighted by atomic mass is 16.3. The molecule has 0 saturated heterocycles. The number of hydrogen-bond acceptors (Lipinski definition) is 2. The molecule has 0 bridgehead atoms. The van der Waals surface area contributed by atoms with E-state index in [4.69, 9.17) is 0 Å². The largest absolute Gasteiger partial charge is 0.512 e. The third-order valence-electron chi connectivity index (χ3n) is 3.74. The molecule has 0 fully saturated rings. The highest BCUT2D eigenvalue weighted by molar-refractivity contribution is 5.32. The highest BCUT2D eigenvalue weighted by Crippen LogP contribution is 2.38. The molecule has 0 aromatic carbocycles. The van der Waals surface area contributed by atoms with Gasteiger partial charge in [-0.05, 0) is 25.3 Å². The van der Waals surface area contributed by atoms with Gasteiger partial charge in [-0.2, -0.15) is 0 Å². The van der Waals surface area contributed by atoms with Crippen LogP contribution in [0.2, 0.25) is 0 Å². The summed E-state index contributed by atoms with van der Waals surface area (Å²) in [7, 11) is 0. The Morgan fingerprint density at radius 3 is 2.47 bits per heavy atom. The minimum atomic E-state index is -0.839. The molecular formula is C15H26O2. The Kier molecular flexibility index (Phi) is 5.26. The summed E-state index contributed by atoms with van der Waals surface area (Å²) < 4.78 is 0. The Bertz CT molecular complexity index is 304. The average Bonchev–Trinajstić information content (AvgIpc) is 2.32. The molecule has 98 valence electrons. The summed E-state index contributed by atoms with van der Waals surface area (Å²) in [5, 5.41) is 20.9. The molecule has 17 heavy (non-hydrogen) atoms. The van der Waals surface area contributed by atoms with Crippen LogP contribution in [0.4, 0.5) is 0 Å². The van der Waals surface area contributed by atoms with Gasteiger partial charge in [0, 0.05) is 5.92 Å². The van der Waals surface area contributed by atoms with Crippen molar-refractivity contribution < 1.29 is 10.2 Å². The molecule has 2 heteroatoms. The first-order chi connectivity index (χ1) is 8.05. The Morgan fingerprint density at radius 1 is 1.24 bits per heavy atom. The molecular weight excluding hydrogens is 212 g/mol. The van der Waals surface area contributed by atoms with Crippen LogP contribution in [-0.4, -0.2) is 15.8 Å². The molecule has 0 saturated carbocycles. The van der Waals surface area contributed by atoms with E-state index >= 15 is 0 Å². The van der Waals surface area contributed by atoms with Crippen molar-refractivity contribution in [3.05, 3.63) is 23.5 Å². The van der Waals surface area contributed by atoms with Gasteiger partial charge in [0.15, 0.2) is 0 Å². The fourth-order valence-corrected chi connectivity index (χ4v) is 2.49. The lowest BCUT2D eigenvalue weighted by molar-refractivity contribution is 0.00888. The fraction of sp³-hybridized carbons (Fsp3) is 0.733. The topological polar surface area (TPSA) is 40.5 Å². The van der Waals surface area contributed by atoms with E-state index in [2.05, 4.69) is 13.8 Å². The molecule has 0 heterocycles. The van der Waals surface area contributed by atoms with Gasteiger partial charge in [0.2, 0.25) is 0 Å². The summed E-state index contributed by atoms with van der Waals surface area (Å²) in [6.07, 6.45) is 9.55. The molecule has 2 atom stereocenters. The normalized spacial score (nSPS) is 28.8. The van der Waals surface area contributed by atoms with Gasteiger partial charge >= 0.3 is 0 Å². The van der Waals surface area contributed by atoms with Gasteiger partial charge in [-0.3, -0.25) is 0 Å². The van der Waals surface area contributed by atoms with Gasteiger partial charge in [0.1, 0.15) is 5.76 Å². The van der Waals surface area contributed by atoms with Crippen molar-refractivity contribution in [1.29, 1.82) is 0 Å². The minimum Gasteiger partial charge on any atom is -0.512 e. The lowest BCUT2D eigenvalue weighted by atomic mass is 9.75. The van der Waals surface area contributed by atoms with Crippen molar-refractivity contribution in [2.24, 2.45) is 5.92 Å². The molecule has 1 aliphatic rings. The van der Waals surface area contributed by atoms with Crippen LogP contribution in [0.1, 0.15) is 59.3 Å². The molecule has 0 spiro atoms. The van der Waals surface area contributed by atoms with E-state index in [1.807, 2.05) is 19.1 Å². The first-order valence-corrected chi connectivity index (χ1v) is 6.86. The van der Waals surface area contributed by atoms with E-state index in [0.717, 1.165) is 44.1 Å². The minimum absolute atomic E-state index is 0.112. The summed E-state index contributed by atoms with van der Waals surface area (Å²) in [6, 6.07) is 0. The smallest absolute Gasteiger partial charge is 0.101 e. The molecule has 2 N–H and O–H groups in total. The SMILES string of the molecule is CCCCC1C(O)=C(C)C=CC1(O)CCCC. The van der Waals surface area contributed by atoms with Gasteiger partial charge in [-0.25, -0.2) is 0 Å². The van der Waals surface area contributed by atoms with Gasteiger partial charge in [0.05, 0.1) is 5.60 Å². The summed E-state index contributed by atoms with van der Waals surface area (Å²) in [6.45, 7) is 6.17. The average molecular weight is 238 g/mol. The van der Waals surface area contributed by atoms with Crippen molar-refractivity contribution in [3.63, 3.8) is 0 Å². The van der Waals surface area contributed by atoms with E-state index in [-0.39, 0.29) is 5.92 Å². The molecule has 0 aromatic heterocycles. The predicted octanol–water partition coefficient (Wildman–Crippen LogP) is 4.12. The Hall–Kier alpha value is -0.760. The van der Waals surface area contributed by atoms with Crippen molar-refractivity contribution in [2.45, 2.75) is 64.9 Å². The second-order valence-electron chi connectivity index (χ2n) is 5.19. The standard InChI is InChI=1S/C15H26O2/c1-4-6-8-13-14(16)12(3)9-11-15(13,17)10-7-5-2/h9,11,13,16-17H,4-8,10H2,1-3H3. The van der Waals surface area contributed by atoms with E-state index < -0.39 is 5.60 Å². The monoisotopic (exact) mass is 238 g/mol. The lowest BCUT2D eigenvalue weighted by Gasteiger charge is -2.36. The third kappa shape index (κ3) is 3.35. The van der Waals surface area contributed by atoms with Gasteiger partial charge in [-0.15, -0.1) is 0 Å². The maximum Gasteiger partial charge on any atom is 0.101 e. The van der Waals surface area contributed by atoms with Crippen molar-refractivity contribution in [3.8, 4) is 0 Å². The van der Waals surface area contributed by atoms with Crippen LogP contribution in [0, 0.1) is 5.92 Å². The van der Waals surface area contributed by atoms with Gasteiger partial charge in [0.25, 0.3) is 0 Å². The molecule has 2 nitrogen and oxygen atoms in total. The number of aliphatic hydroxyl groups excluding tert-OH is 1. The van der Waals surface area contributed by atoms with E-state index in [1.165, 1.54) is 0 Å². The van der Waals surface area contributed by atoms with Crippen molar-refractivity contribution >= 4 is 0 Å². The number of rotatable bonds is 6. The van der Waals surface area contributed by atoms with Crippen LogP contribution >= 0.6 is 0 Å². The fourth-order valence-electron chi connectivity index (χ4n) is 2.49. The zero-order valence-electron chi connectivity index (χ0n) is 11.4. The quantitative estimate of drug-likeness (QED) is 0.731. The molecule has 0 radical (unpaired) electrons. The van der Waals surface area contributed by atoms with Crippen LogP contribution in [0.15, 0.2) is 23.5 Å². The molecule has 1 aliphatic carbocycles. The molecule has 0 amide bonds. The Labute approximate surface area is 105 Å². The maximum absolute atomic E-state index is 10.7.